The molecule has 0 fully saturated rings. The number of rotatable bonds is 6. The van der Waals surface area contributed by atoms with Gasteiger partial charge in [-0.2, -0.15) is 0 Å². The van der Waals surface area contributed by atoms with Crippen molar-refractivity contribution in [2.45, 2.75) is 13.3 Å². The van der Waals surface area contributed by atoms with E-state index in [1.165, 1.54) is 12.1 Å². The molecule has 26 heavy (non-hydrogen) atoms. The van der Waals surface area contributed by atoms with Gasteiger partial charge >= 0.3 is 6.36 Å². The molecule has 0 saturated carbocycles. The lowest BCUT2D eigenvalue weighted by Gasteiger charge is -2.09. The van der Waals surface area contributed by atoms with E-state index >= 15 is 0 Å². The normalized spacial score (nSPS) is 11.8. The Bertz CT molecular complexity index is 775. The van der Waals surface area contributed by atoms with Crippen LogP contribution in [0.4, 0.5) is 18.9 Å². The lowest BCUT2D eigenvalue weighted by molar-refractivity contribution is -0.274. The highest BCUT2D eigenvalue weighted by molar-refractivity contribution is 6.30. The van der Waals surface area contributed by atoms with Crippen molar-refractivity contribution in [3.8, 4) is 5.75 Å². The number of hydrogen-bond donors (Lipinski definition) is 1. The monoisotopic (exact) mass is 386 g/mol. The van der Waals surface area contributed by atoms with Gasteiger partial charge in [0.2, 0.25) is 0 Å². The first-order chi connectivity index (χ1) is 12.2. The fourth-order valence-electron chi connectivity index (χ4n) is 1.87. The molecule has 2 aromatic rings. The van der Waals surface area contributed by atoms with Crippen molar-refractivity contribution in [3.63, 3.8) is 0 Å². The van der Waals surface area contributed by atoms with Gasteiger partial charge in [0.15, 0.2) is 6.61 Å². The smallest absolute Gasteiger partial charge is 0.406 e. The van der Waals surface area contributed by atoms with E-state index in [-0.39, 0.29) is 12.4 Å². The summed E-state index contributed by atoms with van der Waals surface area (Å²) in [7, 11) is 0. The lowest BCUT2D eigenvalue weighted by Crippen LogP contribution is -2.18. The summed E-state index contributed by atoms with van der Waals surface area (Å²) in [6.07, 6.45) is -4.77. The van der Waals surface area contributed by atoms with Crippen molar-refractivity contribution in [2.75, 3.05) is 11.9 Å². The Morgan fingerprint density at radius 3 is 2.31 bits per heavy atom. The molecule has 138 valence electrons. The second-order valence-electron chi connectivity index (χ2n) is 5.08. The molecule has 1 N–H and O–H groups in total. The Morgan fingerprint density at radius 2 is 1.73 bits per heavy atom. The fourth-order valence-corrected chi connectivity index (χ4v) is 1.99. The van der Waals surface area contributed by atoms with Crippen molar-refractivity contribution < 1.29 is 27.5 Å². The van der Waals surface area contributed by atoms with Crippen LogP contribution < -0.4 is 10.1 Å². The van der Waals surface area contributed by atoms with Crippen LogP contribution in [0.25, 0.3) is 0 Å². The van der Waals surface area contributed by atoms with Crippen LogP contribution in [0.3, 0.4) is 0 Å². The van der Waals surface area contributed by atoms with Crippen LogP contribution in [-0.2, 0) is 9.63 Å². The van der Waals surface area contributed by atoms with Crippen molar-refractivity contribution >= 4 is 28.9 Å². The van der Waals surface area contributed by atoms with Gasteiger partial charge in [-0.3, -0.25) is 4.79 Å². The van der Waals surface area contributed by atoms with Crippen molar-refractivity contribution in [2.24, 2.45) is 5.16 Å². The first-order valence-corrected chi connectivity index (χ1v) is 7.69. The van der Waals surface area contributed by atoms with Crippen molar-refractivity contribution in [1.29, 1.82) is 0 Å². The molecule has 0 saturated heterocycles. The van der Waals surface area contributed by atoms with Gasteiger partial charge in [0.05, 0.1) is 5.71 Å². The molecular formula is C17H14ClF3N2O3. The maximum atomic E-state index is 12.1. The van der Waals surface area contributed by atoms with Crippen LogP contribution in [0.1, 0.15) is 12.5 Å². The number of alkyl halides is 3. The summed E-state index contributed by atoms with van der Waals surface area (Å²) in [6.45, 7) is 1.35. The molecule has 0 spiro atoms. The minimum absolute atomic E-state index is 0.298. The van der Waals surface area contributed by atoms with Gasteiger partial charge < -0.3 is 14.9 Å². The maximum absolute atomic E-state index is 12.1. The number of amides is 1. The SMILES string of the molecule is CC(=NOCC(=O)Nc1ccc(OC(F)(F)F)cc1)c1ccc(Cl)cc1. The van der Waals surface area contributed by atoms with E-state index in [0.717, 1.165) is 17.7 Å². The first kappa shape index (κ1) is 19.6. The number of benzene rings is 2. The third-order valence-electron chi connectivity index (χ3n) is 3.03. The van der Waals surface area contributed by atoms with Gasteiger partial charge in [-0.15, -0.1) is 13.2 Å². The van der Waals surface area contributed by atoms with Gasteiger partial charge in [0, 0.05) is 10.7 Å². The van der Waals surface area contributed by atoms with Crippen LogP contribution in [0.5, 0.6) is 5.75 Å². The molecule has 0 aliphatic rings. The summed E-state index contributed by atoms with van der Waals surface area (Å²) < 4.78 is 40.0. The summed E-state index contributed by atoms with van der Waals surface area (Å²) in [5.74, 6) is -0.892. The molecule has 0 bridgehead atoms. The zero-order chi connectivity index (χ0) is 19.2. The Labute approximate surface area is 152 Å². The Kier molecular flexibility index (Phi) is 6.46. The number of ether oxygens (including phenoxy) is 1. The van der Waals surface area contributed by atoms with E-state index in [0.29, 0.717) is 16.4 Å². The summed E-state index contributed by atoms with van der Waals surface area (Å²) in [4.78, 5) is 16.7. The fraction of sp³-hybridized carbons (Fsp3) is 0.176. The number of nitrogens with one attached hydrogen (secondary N) is 1. The maximum Gasteiger partial charge on any atom is 0.573 e. The van der Waals surface area contributed by atoms with E-state index in [2.05, 4.69) is 15.2 Å². The van der Waals surface area contributed by atoms with E-state index < -0.39 is 12.3 Å². The molecule has 0 radical (unpaired) electrons. The van der Waals surface area contributed by atoms with Gasteiger partial charge in [0.1, 0.15) is 5.75 Å². The molecule has 1 amide bonds. The third-order valence-corrected chi connectivity index (χ3v) is 3.28. The summed E-state index contributed by atoms with van der Waals surface area (Å²) in [5, 5.41) is 6.88. The largest absolute Gasteiger partial charge is 0.573 e. The van der Waals surface area contributed by atoms with E-state index in [4.69, 9.17) is 16.4 Å². The van der Waals surface area contributed by atoms with Gasteiger partial charge in [-0.25, -0.2) is 0 Å². The quantitative estimate of drug-likeness (QED) is 0.582. The zero-order valence-corrected chi connectivity index (χ0v) is 14.3. The zero-order valence-electron chi connectivity index (χ0n) is 13.5. The topological polar surface area (TPSA) is 59.9 Å². The molecule has 0 aliphatic heterocycles. The standard InChI is InChI=1S/C17H14ClF3N2O3/c1-11(12-2-4-13(18)5-3-12)23-25-10-16(24)22-14-6-8-15(9-7-14)26-17(19,20)21/h2-9H,10H2,1H3,(H,22,24). The van der Waals surface area contributed by atoms with E-state index in [9.17, 15) is 18.0 Å². The van der Waals surface area contributed by atoms with Gasteiger partial charge in [0.25, 0.3) is 5.91 Å². The van der Waals surface area contributed by atoms with Gasteiger partial charge in [-0.05, 0) is 48.9 Å². The molecule has 2 rings (SSSR count). The summed E-state index contributed by atoms with van der Waals surface area (Å²) >= 11 is 5.79. The number of halogens is 4. The lowest BCUT2D eigenvalue weighted by atomic mass is 10.1. The molecule has 0 aromatic heterocycles. The van der Waals surface area contributed by atoms with Crippen molar-refractivity contribution in [1.82, 2.24) is 0 Å². The van der Waals surface area contributed by atoms with Crippen LogP contribution in [0.2, 0.25) is 5.02 Å². The number of oxime groups is 1. The van der Waals surface area contributed by atoms with E-state index in [1.807, 2.05) is 0 Å². The minimum atomic E-state index is -4.77. The molecule has 2 aromatic carbocycles. The highest BCUT2D eigenvalue weighted by atomic mass is 35.5. The highest BCUT2D eigenvalue weighted by Crippen LogP contribution is 2.23. The number of carbonyl (C=O) groups is 1. The number of anilines is 1. The second-order valence-corrected chi connectivity index (χ2v) is 5.51. The van der Waals surface area contributed by atoms with E-state index in [1.54, 1.807) is 31.2 Å². The van der Waals surface area contributed by atoms with Gasteiger partial charge in [-0.1, -0.05) is 28.9 Å². The number of hydrogen-bond acceptors (Lipinski definition) is 4. The van der Waals surface area contributed by atoms with Crippen LogP contribution in [-0.4, -0.2) is 24.6 Å². The highest BCUT2D eigenvalue weighted by Gasteiger charge is 2.30. The molecule has 0 atom stereocenters. The molecular weight excluding hydrogens is 373 g/mol. The average Bonchev–Trinajstić information content (AvgIpc) is 2.56. The predicted octanol–water partition coefficient (Wildman–Crippen LogP) is 4.62. The first-order valence-electron chi connectivity index (χ1n) is 7.31. The number of nitrogens with zero attached hydrogens (tertiary/aromatic N) is 1. The van der Waals surface area contributed by atoms with Crippen LogP contribution in [0.15, 0.2) is 53.7 Å². The van der Waals surface area contributed by atoms with Crippen LogP contribution >= 0.6 is 11.6 Å². The van der Waals surface area contributed by atoms with Crippen LogP contribution in [0, 0.1) is 0 Å². The predicted molar refractivity (Wildman–Crippen MR) is 91.4 cm³/mol. The van der Waals surface area contributed by atoms with Crippen molar-refractivity contribution in [3.05, 3.63) is 59.1 Å². The molecule has 9 heteroatoms. The molecule has 0 unspecified atom stereocenters. The minimum Gasteiger partial charge on any atom is -0.406 e. The Hall–Kier alpha value is -2.74. The molecule has 0 heterocycles. The summed E-state index contributed by atoms with van der Waals surface area (Å²) in [6, 6.07) is 11.7. The summed E-state index contributed by atoms with van der Waals surface area (Å²) in [5.41, 5.74) is 1.64. The Balaban J connectivity index is 1.83. The molecule has 0 aliphatic carbocycles. The average molecular weight is 387 g/mol. The molecule has 5 nitrogen and oxygen atoms in total. The number of carbonyl (C=O) groups excluding carboxylic acids is 1. The Morgan fingerprint density at radius 1 is 1.12 bits per heavy atom. The third kappa shape index (κ3) is 6.64. The second kappa shape index (κ2) is 8.57.